The first-order valence-electron chi connectivity index (χ1n) is 12.5. The van der Waals surface area contributed by atoms with Gasteiger partial charge in [-0.05, 0) is 52.8 Å². The molecular formula is C32H24BN3. The molecule has 0 aliphatic carbocycles. The first kappa shape index (κ1) is 19.8. The molecule has 0 fully saturated rings. The Labute approximate surface area is 210 Å². The van der Waals surface area contributed by atoms with E-state index in [-0.39, 0.29) is 6.71 Å². The van der Waals surface area contributed by atoms with Gasteiger partial charge in [-0.3, -0.25) is 0 Å². The van der Waals surface area contributed by atoms with Crippen LogP contribution in [-0.4, -0.2) is 25.4 Å². The lowest BCUT2D eigenvalue weighted by molar-refractivity contribution is 1.13. The molecule has 0 spiro atoms. The summed E-state index contributed by atoms with van der Waals surface area (Å²) in [5, 5.41) is 2.57. The highest BCUT2D eigenvalue weighted by molar-refractivity contribution is 7.00. The lowest BCUT2D eigenvalue weighted by atomic mass is 9.33. The zero-order valence-electron chi connectivity index (χ0n) is 20.3. The molecule has 0 amide bonds. The molecule has 0 unspecified atom stereocenters. The molecule has 2 aliphatic rings. The Morgan fingerprint density at radius 3 is 1.47 bits per heavy atom. The van der Waals surface area contributed by atoms with Gasteiger partial charge in [-0.25, -0.2) is 0 Å². The minimum atomic E-state index is 0.224. The summed E-state index contributed by atoms with van der Waals surface area (Å²) in [6.07, 6.45) is 0. The summed E-state index contributed by atoms with van der Waals surface area (Å²) >= 11 is 0. The standard InChI is InChI=1S/C32H24BN3/c1-34-28-17-9-5-13-24(28)33-25-14-6-10-18-29(25)35(2)31-20-21(19-30(34)32(31)33)36-26-15-7-3-11-22(26)23-12-4-8-16-27(23)36/h3-20H,1-2H3. The van der Waals surface area contributed by atoms with Crippen LogP contribution in [0.5, 0.6) is 0 Å². The molecule has 6 aromatic rings. The van der Waals surface area contributed by atoms with E-state index in [0.29, 0.717) is 0 Å². The van der Waals surface area contributed by atoms with Crippen molar-refractivity contribution in [3.05, 3.63) is 109 Å². The summed E-state index contributed by atoms with van der Waals surface area (Å²) in [5.41, 5.74) is 12.9. The number of fused-ring (bicyclic) bond motifs is 7. The molecule has 3 heterocycles. The molecule has 0 N–H and O–H groups in total. The van der Waals surface area contributed by atoms with Crippen molar-refractivity contribution < 1.29 is 0 Å². The van der Waals surface area contributed by atoms with Gasteiger partial charge in [-0.15, -0.1) is 0 Å². The van der Waals surface area contributed by atoms with Crippen molar-refractivity contribution in [3.8, 4) is 5.69 Å². The summed E-state index contributed by atoms with van der Waals surface area (Å²) in [4.78, 5) is 4.76. The normalized spacial score (nSPS) is 13.7. The Bertz CT molecular complexity index is 1720. The largest absolute Gasteiger partial charge is 0.345 e. The quantitative estimate of drug-likeness (QED) is 0.301. The van der Waals surface area contributed by atoms with E-state index in [4.69, 9.17) is 0 Å². The molecule has 5 aromatic carbocycles. The van der Waals surface area contributed by atoms with Crippen LogP contribution in [0, 0.1) is 0 Å². The summed E-state index contributed by atoms with van der Waals surface area (Å²) in [6, 6.07) is 40.0. The van der Waals surface area contributed by atoms with Crippen molar-refractivity contribution in [2.45, 2.75) is 0 Å². The van der Waals surface area contributed by atoms with Gasteiger partial charge in [0.05, 0.1) is 16.7 Å². The van der Waals surface area contributed by atoms with Crippen molar-refractivity contribution in [2.24, 2.45) is 0 Å². The summed E-state index contributed by atoms with van der Waals surface area (Å²) in [5.74, 6) is 0. The molecule has 0 saturated heterocycles. The minimum Gasteiger partial charge on any atom is -0.345 e. The van der Waals surface area contributed by atoms with E-state index < -0.39 is 0 Å². The lowest BCUT2D eigenvalue weighted by Gasteiger charge is -2.42. The van der Waals surface area contributed by atoms with Crippen molar-refractivity contribution in [1.82, 2.24) is 4.57 Å². The topological polar surface area (TPSA) is 11.4 Å². The molecule has 0 bridgehead atoms. The van der Waals surface area contributed by atoms with Crippen LogP contribution in [0.15, 0.2) is 109 Å². The highest BCUT2D eigenvalue weighted by Gasteiger charge is 2.41. The maximum Gasteiger partial charge on any atom is 0.252 e. The fourth-order valence-corrected chi connectivity index (χ4v) is 6.60. The number of anilines is 4. The molecule has 0 atom stereocenters. The maximum absolute atomic E-state index is 2.43. The smallest absolute Gasteiger partial charge is 0.252 e. The molecule has 170 valence electrons. The van der Waals surface area contributed by atoms with Crippen LogP contribution in [-0.2, 0) is 0 Å². The van der Waals surface area contributed by atoms with Crippen LogP contribution < -0.4 is 26.2 Å². The number of rotatable bonds is 1. The van der Waals surface area contributed by atoms with Crippen molar-refractivity contribution in [1.29, 1.82) is 0 Å². The van der Waals surface area contributed by atoms with E-state index in [1.54, 1.807) is 0 Å². The van der Waals surface area contributed by atoms with Gasteiger partial charge >= 0.3 is 0 Å². The van der Waals surface area contributed by atoms with Crippen LogP contribution in [0.3, 0.4) is 0 Å². The number of para-hydroxylation sites is 4. The lowest BCUT2D eigenvalue weighted by Crippen LogP contribution is -2.61. The second-order valence-electron chi connectivity index (χ2n) is 9.94. The number of nitrogens with zero attached hydrogens (tertiary/aromatic N) is 3. The van der Waals surface area contributed by atoms with Gasteiger partial charge in [0.25, 0.3) is 6.71 Å². The zero-order valence-corrected chi connectivity index (χ0v) is 20.3. The number of hydrogen-bond acceptors (Lipinski definition) is 2. The van der Waals surface area contributed by atoms with E-state index in [2.05, 4.69) is 138 Å². The molecule has 36 heavy (non-hydrogen) atoms. The second kappa shape index (κ2) is 7.05. The molecule has 3 nitrogen and oxygen atoms in total. The average molecular weight is 461 g/mol. The van der Waals surface area contributed by atoms with E-state index in [0.717, 1.165) is 0 Å². The predicted molar refractivity (Wildman–Crippen MR) is 154 cm³/mol. The van der Waals surface area contributed by atoms with Crippen LogP contribution in [0.1, 0.15) is 0 Å². The monoisotopic (exact) mass is 461 g/mol. The van der Waals surface area contributed by atoms with Gasteiger partial charge in [-0.2, -0.15) is 0 Å². The summed E-state index contributed by atoms with van der Waals surface area (Å²) < 4.78 is 2.43. The Morgan fingerprint density at radius 2 is 0.944 bits per heavy atom. The van der Waals surface area contributed by atoms with Crippen LogP contribution in [0.4, 0.5) is 22.7 Å². The highest BCUT2D eigenvalue weighted by atomic mass is 15.2. The second-order valence-corrected chi connectivity index (χ2v) is 9.94. The van der Waals surface area contributed by atoms with Gasteiger partial charge in [-0.1, -0.05) is 72.8 Å². The molecule has 0 saturated carbocycles. The average Bonchev–Trinajstić information content (AvgIpc) is 3.27. The minimum absolute atomic E-state index is 0.224. The fourth-order valence-electron chi connectivity index (χ4n) is 6.60. The third-order valence-corrected chi connectivity index (χ3v) is 8.19. The number of aromatic nitrogens is 1. The van der Waals surface area contributed by atoms with Crippen molar-refractivity contribution in [2.75, 3.05) is 23.9 Å². The van der Waals surface area contributed by atoms with Gasteiger partial charge in [0.1, 0.15) is 0 Å². The van der Waals surface area contributed by atoms with Crippen LogP contribution >= 0.6 is 0 Å². The molecule has 2 aliphatic heterocycles. The highest BCUT2D eigenvalue weighted by Crippen LogP contribution is 2.39. The Hall–Kier alpha value is -4.44. The van der Waals surface area contributed by atoms with E-state index in [1.807, 2.05) is 0 Å². The number of benzene rings is 5. The third kappa shape index (κ3) is 2.43. The first-order chi connectivity index (χ1) is 17.7. The van der Waals surface area contributed by atoms with Gasteiger partial charge in [0.15, 0.2) is 0 Å². The molecular weight excluding hydrogens is 437 g/mol. The SMILES string of the molecule is CN1c2ccccc2B2c3ccccc3N(C)c3cc(-n4c5ccccc5c5ccccc54)cc1c32. The van der Waals surface area contributed by atoms with Gasteiger partial charge in [0.2, 0.25) is 0 Å². The van der Waals surface area contributed by atoms with Crippen LogP contribution in [0.2, 0.25) is 0 Å². The molecule has 1 aromatic heterocycles. The molecule has 8 rings (SSSR count). The van der Waals surface area contributed by atoms with Crippen molar-refractivity contribution in [3.63, 3.8) is 0 Å². The van der Waals surface area contributed by atoms with E-state index in [1.165, 1.54) is 66.6 Å². The summed E-state index contributed by atoms with van der Waals surface area (Å²) in [6.45, 7) is 0.224. The van der Waals surface area contributed by atoms with Crippen LogP contribution in [0.25, 0.3) is 27.5 Å². The fraction of sp³-hybridized carbons (Fsp3) is 0.0625. The van der Waals surface area contributed by atoms with Crippen molar-refractivity contribution >= 4 is 67.7 Å². The molecule has 0 radical (unpaired) electrons. The molecule has 4 heteroatoms. The predicted octanol–water partition coefficient (Wildman–Crippen LogP) is 5.46. The Morgan fingerprint density at radius 1 is 0.500 bits per heavy atom. The Kier molecular flexibility index (Phi) is 3.88. The number of hydrogen-bond donors (Lipinski definition) is 0. The first-order valence-corrected chi connectivity index (χ1v) is 12.5. The zero-order chi connectivity index (χ0) is 24.0. The van der Waals surface area contributed by atoms with E-state index >= 15 is 0 Å². The summed E-state index contributed by atoms with van der Waals surface area (Å²) in [7, 11) is 4.42. The third-order valence-electron chi connectivity index (χ3n) is 8.19. The van der Waals surface area contributed by atoms with E-state index in [9.17, 15) is 0 Å². The maximum atomic E-state index is 2.43. The van der Waals surface area contributed by atoms with Gasteiger partial charge in [0, 0.05) is 47.6 Å². The Balaban J connectivity index is 1.49. The van der Waals surface area contributed by atoms with Gasteiger partial charge < -0.3 is 14.4 Å².